The normalized spacial score (nSPS) is 19.5. The fourth-order valence-electron chi connectivity index (χ4n) is 3.24. The molecule has 2 aromatic carbocycles. The van der Waals surface area contributed by atoms with Gasteiger partial charge in [0, 0.05) is 12.5 Å². The van der Waals surface area contributed by atoms with Crippen molar-refractivity contribution in [3.05, 3.63) is 59.7 Å². The summed E-state index contributed by atoms with van der Waals surface area (Å²) in [5.74, 6) is 1.65. The molecule has 118 valence electrons. The molecule has 2 N–H and O–H groups in total. The summed E-state index contributed by atoms with van der Waals surface area (Å²) in [5.41, 5.74) is 3.66. The van der Waals surface area contributed by atoms with E-state index < -0.39 is 0 Å². The van der Waals surface area contributed by atoms with Crippen LogP contribution in [0.2, 0.25) is 0 Å². The maximum atomic E-state index is 10.2. The number of benzene rings is 2. The number of nitrogens with one attached hydrogen (secondary N) is 1. The molecule has 0 spiro atoms. The van der Waals surface area contributed by atoms with Crippen molar-refractivity contribution in [3.8, 4) is 17.2 Å². The monoisotopic (exact) mass is 310 g/mol. The van der Waals surface area contributed by atoms with Crippen LogP contribution in [0.4, 0.5) is 0 Å². The van der Waals surface area contributed by atoms with Crippen LogP contribution in [-0.2, 0) is 6.54 Å². The number of rotatable bonds is 3. The molecule has 1 unspecified atom stereocenters. The quantitative estimate of drug-likeness (QED) is 0.911. The van der Waals surface area contributed by atoms with E-state index in [-0.39, 0.29) is 6.79 Å². The van der Waals surface area contributed by atoms with Crippen molar-refractivity contribution in [1.29, 1.82) is 0 Å². The number of phenols is 1. The summed E-state index contributed by atoms with van der Waals surface area (Å²) in [7, 11) is 0. The molecule has 2 aliphatic heterocycles. The summed E-state index contributed by atoms with van der Waals surface area (Å²) in [5, 5.41) is 10.2. The number of phenolic OH excluding ortho intramolecular Hbond substituents is 1. The van der Waals surface area contributed by atoms with Gasteiger partial charge in [0.25, 0.3) is 0 Å². The van der Waals surface area contributed by atoms with Gasteiger partial charge in [-0.3, -0.25) is 0 Å². The molecular formula is C19H20NO3+. The lowest BCUT2D eigenvalue weighted by Crippen LogP contribution is -3.11. The molecule has 0 saturated heterocycles. The zero-order chi connectivity index (χ0) is 15.6. The Morgan fingerprint density at radius 2 is 1.83 bits per heavy atom. The molecule has 4 nitrogen and oxygen atoms in total. The Hall–Kier alpha value is -2.46. The van der Waals surface area contributed by atoms with Crippen molar-refractivity contribution < 1.29 is 19.5 Å². The van der Waals surface area contributed by atoms with E-state index in [0.717, 1.165) is 37.4 Å². The summed E-state index contributed by atoms with van der Waals surface area (Å²) in [4.78, 5) is 1.44. The minimum atomic E-state index is 0.234. The standard InChI is InChI=1S/C19H19NO3/c21-17-11-19-18(22-13-23-19)10-16(17)12-20-8-6-15(7-9-20)14-4-2-1-3-5-14/h1-6,10-11,21H,7-9,12-13H2/p+1. The maximum absolute atomic E-state index is 10.2. The second-order valence-electron chi connectivity index (χ2n) is 6.06. The van der Waals surface area contributed by atoms with Gasteiger partial charge in [-0.05, 0) is 23.3 Å². The average Bonchev–Trinajstić information content (AvgIpc) is 3.04. The van der Waals surface area contributed by atoms with Crippen molar-refractivity contribution in [2.45, 2.75) is 13.0 Å². The maximum Gasteiger partial charge on any atom is 0.231 e. The van der Waals surface area contributed by atoms with Crippen LogP contribution in [-0.4, -0.2) is 25.0 Å². The molecule has 0 bridgehead atoms. The van der Waals surface area contributed by atoms with Gasteiger partial charge in [-0.2, -0.15) is 0 Å². The first-order valence-corrected chi connectivity index (χ1v) is 7.99. The Morgan fingerprint density at radius 3 is 2.57 bits per heavy atom. The molecule has 2 aliphatic rings. The lowest BCUT2D eigenvalue weighted by molar-refractivity contribution is -0.908. The smallest absolute Gasteiger partial charge is 0.231 e. The van der Waals surface area contributed by atoms with E-state index in [4.69, 9.17) is 9.47 Å². The number of hydrogen-bond acceptors (Lipinski definition) is 3. The van der Waals surface area contributed by atoms with Crippen LogP contribution in [0, 0.1) is 0 Å². The number of hydrogen-bond donors (Lipinski definition) is 2. The van der Waals surface area contributed by atoms with E-state index in [2.05, 4.69) is 30.3 Å². The molecule has 23 heavy (non-hydrogen) atoms. The fourth-order valence-corrected chi connectivity index (χ4v) is 3.24. The highest BCUT2D eigenvalue weighted by atomic mass is 16.7. The molecule has 2 aromatic rings. The molecule has 0 aromatic heterocycles. The first-order chi connectivity index (χ1) is 11.3. The van der Waals surface area contributed by atoms with Crippen LogP contribution >= 0.6 is 0 Å². The molecule has 2 heterocycles. The van der Waals surface area contributed by atoms with Crippen LogP contribution in [0.5, 0.6) is 17.2 Å². The van der Waals surface area contributed by atoms with Crippen molar-refractivity contribution in [1.82, 2.24) is 0 Å². The Morgan fingerprint density at radius 1 is 1.04 bits per heavy atom. The number of quaternary nitrogens is 1. The Balaban J connectivity index is 1.46. The molecule has 0 fully saturated rings. The van der Waals surface area contributed by atoms with Crippen molar-refractivity contribution in [2.24, 2.45) is 0 Å². The van der Waals surface area contributed by atoms with E-state index in [0.29, 0.717) is 11.5 Å². The summed E-state index contributed by atoms with van der Waals surface area (Å²) in [6, 6.07) is 14.1. The number of aromatic hydroxyl groups is 1. The molecule has 0 radical (unpaired) electrons. The summed E-state index contributed by atoms with van der Waals surface area (Å²) in [6.45, 7) is 3.06. The third-order valence-electron chi connectivity index (χ3n) is 4.54. The van der Waals surface area contributed by atoms with Gasteiger partial charge in [-0.25, -0.2) is 0 Å². The van der Waals surface area contributed by atoms with Gasteiger partial charge >= 0.3 is 0 Å². The third-order valence-corrected chi connectivity index (χ3v) is 4.54. The molecule has 4 heteroatoms. The van der Waals surface area contributed by atoms with Crippen molar-refractivity contribution >= 4 is 5.57 Å². The summed E-state index contributed by atoms with van der Waals surface area (Å²) >= 11 is 0. The van der Waals surface area contributed by atoms with E-state index in [1.165, 1.54) is 16.0 Å². The molecule has 1 atom stereocenters. The first-order valence-electron chi connectivity index (χ1n) is 7.99. The average molecular weight is 310 g/mol. The Bertz CT molecular complexity index is 740. The predicted octanol–water partition coefficient (Wildman–Crippen LogP) is 1.99. The fraction of sp³-hybridized carbons (Fsp3) is 0.263. The van der Waals surface area contributed by atoms with E-state index in [1.54, 1.807) is 6.07 Å². The van der Waals surface area contributed by atoms with Gasteiger partial charge in [0.15, 0.2) is 11.5 Å². The summed E-state index contributed by atoms with van der Waals surface area (Å²) < 4.78 is 10.7. The largest absolute Gasteiger partial charge is 0.507 e. The van der Waals surface area contributed by atoms with Crippen molar-refractivity contribution in [2.75, 3.05) is 19.9 Å². The second-order valence-corrected chi connectivity index (χ2v) is 6.06. The minimum absolute atomic E-state index is 0.234. The highest BCUT2D eigenvalue weighted by Gasteiger charge is 2.21. The minimum Gasteiger partial charge on any atom is -0.507 e. The summed E-state index contributed by atoms with van der Waals surface area (Å²) in [6.07, 6.45) is 3.38. The van der Waals surface area contributed by atoms with E-state index >= 15 is 0 Å². The lowest BCUT2D eigenvalue weighted by atomic mass is 9.99. The molecule has 0 aliphatic carbocycles. The molecule has 4 rings (SSSR count). The zero-order valence-electron chi connectivity index (χ0n) is 12.9. The van der Waals surface area contributed by atoms with E-state index in [9.17, 15) is 5.11 Å². The Labute approximate surface area is 135 Å². The van der Waals surface area contributed by atoms with Crippen LogP contribution in [0.25, 0.3) is 5.57 Å². The predicted molar refractivity (Wildman–Crippen MR) is 87.7 cm³/mol. The van der Waals surface area contributed by atoms with Crippen LogP contribution in [0.15, 0.2) is 48.5 Å². The number of fused-ring (bicyclic) bond motifs is 1. The van der Waals surface area contributed by atoms with Gasteiger partial charge in [-0.1, -0.05) is 30.3 Å². The first kappa shape index (κ1) is 14.2. The van der Waals surface area contributed by atoms with Crippen LogP contribution < -0.4 is 14.4 Å². The van der Waals surface area contributed by atoms with Gasteiger partial charge in [0.2, 0.25) is 6.79 Å². The molecule has 0 saturated carbocycles. The number of ether oxygens (including phenoxy) is 2. The lowest BCUT2D eigenvalue weighted by Gasteiger charge is -2.24. The van der Waals surface area contributed by atoms with Crippen molar-refractivity contribution in [3.63, 3.8) is 0 Å². The highest BCUT2D eigenvalue weighted by Crippen LogP contribution is 2.37. The zero-order valence-corrected chi connectivity index (χ0v) is 12.9. The molecular weight excluding hydrogens is 290 g/mol. The third kappa shape index (κ3) is 2.90. The van der Waals surface area contributed by atoms with Gasteiger partial charge in [0.05, 0.1) is 18.7 Å². The SMILES string of the molecule is Oc1cc2c(cc1C[NH+]1CC=C(c3ccccc3)CC1)OCO2. The van der Waals surface area contributed by atoms with Crippen LogP contribution in [0.1, 0.15) is 17.5 Å². The van der Waals surface area contributed by atoms with E-state index in [1.807, 2.05) is 12.1 Å². The Kier molecular flexibility index (Phi) is 3.67. The topological polar surface area (TPSA) is 43.1 Å². The van der Waals surface area contributed by atoms with Crippen LogP contribution in [0.3, 0.4) is 0 Å². The second kappa shape index (κ2) is 5.97. The van der Waals surface area contributed by atoms with Gasteiger partial charge in [-0.15, -0.1) is 0 Å². The van der Waals surface area contributed by atoms with Gasteiger partial charge < -0.3 is 19.5 Å². The highest BCUT2D eigenvalue weighted by molar-refractivity contribution is 5.65. The van der Waals surface area contributed by atoms with Gasteiger partial charge in [0.1, 0.15) is 12.3 Å². The molecule has 0 amide bonds.